The van der Waals surface area contributed by atoms with Gasteiger partial charge in [0, 0.05) is 46.7 Å². The minimum atomic E-state index is -1.03. The number of benzene rings is 1. The fraction of sp³-hybridized carbons (Fsp3) is 0.562. The molecule has 1 aromatic rings. The maximum atomic E-state index is 12.3. The van der Waals surface area contributed by atoms with E-state index in [2.05, 4.69) is 35.1 Å². The van der Waals surface area contributed by atoms with Crippen molar-refractivity contribution in [2.45, 2.75) is 43.7 Å². The quantitative estimate of drug-likeness (QED) is 0.845. The summed E-state index contributed by atoms with van der Waals surface area (Å²) < 4.78 is 13.2. The molecule has 1 saturated heterocycles. The number of nitrogens with zero attached hydrogens (tertiary/aromatic N) is 1. The lowest BCUT2D eigenvalue weighted by atomic mass is 10.1. The molecule has 122 valence electrons. The zero-order chi connectivity index (χ0) is 16.1. The van der Waals surface area contributed by atoms with Crippen LogP contribution < -0.4 is 5.32 Å². The molecule has 0 bridgehead atoms. The van der Waals surface area contributed by atoms with Crippen molar-refractivity contribution in [1.29, 1.82) is 0 Å². The number of carbonyl (C=O) groups excluding carboxylic acids is 1. The zero-order valence-corrected chi connectivity index (χ0v) is 15.5. The van der Waals surface area contributed by atoms with Crippen molar-refractivity contribution >= 4 is 32.6 Å². The van der Waals surface area contributed by atoms with Gasteiger partial charge in [0.05, 0.1) is 10.8 Å². The normalized spacial score (nSPS) is 23.3. The minimum Gasteiger partial charge on any atom is -0.337 e. The molecule has 1 heterocycles. The lowest BCUT2D eigenvalue weighted by Crippen LogP contribution is -2.57. The molecule has 0 radical (unpaired) electrons. The van der Waals surface area contributed by atoms with Crippen LogP contribution in [0.1, 0.15) is 26.7 Å². The van der Waals surface area contributed by atoms with Gasteiger partial charge in [0.1, 0.15) is 0 Å². The third-order valence-corrected chi connectivity index (χ3v) is 6.14. The third kappa shape index (κ3) is 4.64. The van der Waals surface area contributed by atoms with Gasteiger partial charge in [0.2, 0.25) is 5.91 Å². The van der Waals surface area contributed by atoms with Crippen LogP contribution in [0.3, 0.4) is 0 Å². The SMILES string of the molecule is CC1NCCN(C(=O)CCCS(=O)c2ccc(Br)cc2)C1C. The number of nitrogens with one attached hydrogen (secondary N) is 1. The fourth-order valence-electron chi connectivity index (χ4n) is 2.61. The highest BCUT2D eigenvalue weighted by Crippen LogP contribution is 2.15. The van der Waals surface area contributed by atoms with E-state index in [0.717, 1.165) is 22.5 Å². The molecule has 22 heavy (non-hydrogen) atoms. The van der Waals surface area contributed by atoms with Crippen LogP contribution in [-0.2, 0) is 15.6 Å². The van der Waals surface area contributed by atoms with Crippen LogP contribution >= 0.6 is 15.9 Å². The van der Waals surface area contributed by atoms with E-state index in [-0.39, 0.29) is 11.9 Å². The molecule has 1 aliphatic rings. The highest BCUT2D eigenvalue weighted by molar-refractivity contribution is 9.10. The van der Waals surface area contributed by atoms with Gasteiger partial charge < -0.3 is 10.2 Å². The topological polar surface area (TPSA) is 49.4 Å². The Balaban J connectivity index is 1.79. The number of halogens is 1. The summed E-state index contributed by atoms with van der Waals surface area (Å²) in [6.45, 7) is 5.80. The van der Waals surface area contributed by atoms with Crippen LogP contribution in [0.5, 0.6) is 0 Å². The highest BCUT2D eigenvalue weighted by atomic mass is 79.9. The Kier molecular flexibility index (Phi) is 6.59. The summed E-state index contributed by atoms with van der Waals surface area (Å²) in [7, 11) is -1.03. The van der Waals surface area contributed by atoms with E-state index in [9.17, 15) is 9.00 Å². The first-order valence-corrected chi connectivity index (χ1v) is 9.77. The first-order chi connectivity index (χ1) is 10.5. The molecule has 4 nitrogen and oxygen atoms in total. The Hall–Kier alpha value is -0.720. The van der Waals surface area contributed by atoms with Crippen molar-refractivity contribution in [2.75, 3.05) is 18.8 Å². The Morgan fingerprint density at radius 2 is 2.05 bits per heavy atom. The van der Waals surface area contributed by atoms with Crippen LogP contribution in [0.4, 0.5) is 0 Å². The second-order valence-corrected chi connectivity index (χ2v) is 8.16. The molecule has 3 unspecified atom stereocenters. The van der Waals surface area contributed by atoms with Gasteiger partial charge in [-0.2, -0.15) is 0 Å². The molecular weight excluding hydrogens is 364 g/mol. The smallest absolute Gasteiger partial charge is 0.222 e. The van der Waals surface area contributed by atoms with E-state index < -0.39 is 10.8 Å². The van der Waals surface area contributed by atoms with Crippen molar-refractivity contribution in [3.63, 3.8) is 0 Å². The molecule has 1 fully saturated rings. The first kappa shape index (κ1) is 17.6. The van der Waals surface area contributed by atoms with E-state index in [1.165, 1.54) is 0 Å². The molecule has 1 amide bonds. The molecule has 1 aliphatic heterocycles. The van der Waals surface area contributed by atoms with Crippen molar-refractivity contribution in [2.24, 2.45) is 0 Å². The number of rotatable bonds is 5. The maximum absolute atomic E-state index is 12.3. The van der Waals surface area contributed by atoms with Crippen molar-refractivity contribution in [3.05, 3.63) is 28.7 Å². The minimum absolute atomic E-state index is 0.175. The number of carbonyl (C=O) groups is 1. The van der Waals surface area contributed by atoms with Crippen LogP contribution in [0, 0.1) is 0 Å². The first-order valence-electron chi connectivity index (χ1n) is 7.66. The average Bonchev–Trinajstić information content (AvgIpc) is 2.50. The largest absolute Gasteiger partial charge is 0.337 e. The van der Waals surface area contributed by atoms with E-state index >= 15 is 0 Å². The van der Waals surface area contributed by atoms with Gasteiger partial charge in [0.25, 0.3) is 0 Å². The molecule has 6 heteroatoms. The van der Waals surface area contributed by atoms with Gasteiger partial charge in [-0.05, 0) is 44.5 Å². The Labute approximate surface area is 143 Å². The Morgan fingerprint density at radius 1 is 1.36 bits per heavy atom. The summed E-state index contributed by atoms with van der Waals surface area (Å²) in [5.74, 6) is 0.706. The summed E-state index contributed by atoms with van der Waals surface area (Å²) in [6.07, 6.45) is 1.13. The van der Waals surface area contributed by atoms with Crippen molar-refractivity contribution in [1.82, 2.24) is 10.2 Å². The molecular formula is C16H23BrN2O2S. The summed E-state index contributed by atoms with van der Waals surface area (Å²) in [6, 6.07) is 8.06. The molecule has 2 rings (SSSR count). The monoisotopic (exact) mass is 386 g/mol. The fourth-order valence-corrected chi connectivity index (χ4v) is 3.96. The summed E-state index contributed by atoms with van der Waals surface area (Å²) in [5, 5.41) is 3.37. The van der Waals surface area contributed by atoms with E-state index in [1.807, 2.05) is 29.2 Å². The predicted octanol–water partition coefficient (Wildman–Crippen LogP) is 2.55. The highest BCUT2D eigenvalue weighted by Gasteiger charge is 2.27. The van der Waals surface area contributed by atoms with Crippen molar-refractivity contribution < 1.29 is 9.00 Å². The summed E-state index contributed by atoms with van der Waals surface area (Å²) in [5.41, 5.74) is 0. The van der Waals surface area contributed by atoms with Gasteiger partial charge >= 0.3 is 0 Å². The molecule has 3 atom stereocenters. The standard InChI is InChI=1S/C16H23BrN2O2S/c1-12-13(2)19(10-9-18-12)16(20)4-3-11-22(21)15-7-5-14(17)6-8-15/h5-8,12-13,18H,3-4,9-11H2,1-2H3. The zero-order valence-electron chi connectivity index (χ0n) is 13.0. The van der Waals surface area contributed by atoms with Gasteiger partial charge in [0.15, 0.2) is 0 Å². The number of hydrogen-bond acceptors (Lipinski definition) is 3. The van der Waals surface area contributed by atoms with Gasteiger partial charge in [-0.3, -0.25) is 9.00 Å². The van der Waals surface area contributed by atoms with Crippen LogP contribution in [0.2, 0.25) is 0 Å². The predicted molar refractivity (Wildman–Crippen MR) is 93.3 cm³/mol. The van der Waals surface area contributed by atoms with Crippen molar-refractivity contribution in [3.8, 4) is 0 Å². The molecule has 0 saturated carbocycles. The maximum Gasteiger partial charge on any atom is 0.222 e. The van der Waals surface area contributed by atoms with E-state index in [1.54, 1.807) is 0 Å². The van der Waals surface area contributed by atoms with E-state index in [0.29, 0.717) is 24.6 Å². The van der Waals surface area contributed by atoms with E-state index in [4.69, 9.17) is 0 Å². The molecule has 0 spiro atoms. The van der Waals surface area contributed by atoms with Crippen LogP contribution in [0.15, 0.2) is 33.6 Å². The summed E-state index contributed by atoms with van der Waals surface area (Å²) in [4.78, 5) is 15.1. The molecule has 1 N–H and O–H groups in total. The Morgan fingerprint density at radius 3 is 2.73 bits per heavy atom. The third-order valence-electron chi connectivity index (χ3n) is 4.15. The van der Waals surface area contributed by atoms with Crippen LogP contribution in [0.25, 0.3) is 0 Å². The lowest BCUT2D eigenvalue weighted by Gasteiger charge is -2.38. The number of hydrogen-bond donors (Lipinski definition) is 1. The average molecular weight is 387 g/mol. The van der Waals surface area contributed by atoms with Gasteiger partial charge in [-0.25, -0.2) is 0 Å². The summed E-state index contributed by atoms with van der Waals surface area (Å²) >= 11 is 3.37. The Bertz CT molecular complexity index is 535. The van der Waals surface area contributed by atoms with Gasteiger partial charge in [-0.15, -0.1) is 0 Å². The van der Waals surface area contributed by atoms with Crippen LogP contribution in [-0.4, -0.2) is 45.9 Å². The molecule has 0 aliphatic carbocycles. The second kappa shape index (κ2) is 8.22. The number of amides is 1. The lowest BCUT2D eigenvalue weighted by molar-refractivity contribution is -0.134. The van der Waals surface area contributed by atoms with Gasteiger partial charge in [-0.1, -0.05) is 15.9 Å². The number of piperazine rings is 1. The molecule has 0 aromatic heterocycles. The second-order valence-electron chi connectivity index (χ2n) is 5.68. The molecule has 1 aromatic carbocycles.